The summed E-state index contributed by atoms with van der Waals surface area (Å²) in [6.45, 7) is 0. The van der Waals surface area contributed by atoms with Gasteiger partial charge in [-0.25, -0.2) is 27.4 Å². The number of aromatic nitrogens is 6. The van der Waals surface area contributed by atoms with Crippen molar-refractivity contribution in [2.45, 2.75) is 19.3 Å². The van der Waals surface area contributed by atoms with E-state index in [1.807, 2.05) is 178 Å². The van der Waals surface area contributed by atoms with E-state index < -0.39 is 17.8 Å². The van der Waals surface area contributed by atoms with E-state index in [-0.39, 0.29) is 17.7 Å². The molecule has 1 aliphatic rings. The smallest absolute Gasteiger partial charge is 0.248 e. The number of rotatable bonds is 9. The average molecular weight is 727 g/mol. The molecule has 0 N–H and O–H groups in total. The summed E-state index contributed by atoms with van der Waals surface area (Å²) in [5.41, 5.74) is 5.18. The Kier molecular flexibility index (Phi) is 10.0. The lowest BCUT2D eigenvalue weighted by Gasteiger charge is -2.37. The first-order valence-electron chi connectivity index (χ1n) is 18.2. The molecular formula is C42H48N9O3+3. The van der Waals surface area contributed by atoms with Crippen LogP contribution in [0.2, 0.25) is 0 Å². The zero-order chi connectivity index (χ0) is 38.1. The minimum atomic E-state index is -0.523. The van der Waals surface area contributed by atoms with Crippen LogP contribution < -0.4 is 28.4 Å². The summed E-state index contributed by atoms with van der Waals surface area (Å²) in [5.74, 6) is -1.89. The Morgan fingerprint density at radius 3 is 1.22 bits per heavy atom. The zero-order valence-corrected chi connectivity index (χ0v) is 31.7. The number of carbonyl (C=O) groups is 3. The van der Waals surface area contributed by atoms with Gasteiger partial charge in [-0.15, -0.1) is 0 Å². The van der Waals surface area contributed by atoms with Crippen molar-refractivity contribution in [3.63, 3.8) is 0 Å². The van der Waals surface area contributed by atoms with Crippen LogP contribution in [0, 0.1) is 17.8 Å². The number of hydrogen-bond donors (Lipinski definition) is 0. The third kappa shape index (κ3) is 7.45. The van der Waals surface area contributed by atoms with Crippen LogP contribution in [-0.2, 0) is 35.5 Å². The summed E-state index contributed by atoms with van der Waals surface area (Å²) in [6.07, 6.45) is 18.8. The van der Waals surface area contributed by atoms with Gasteiger partial charge in [0.15, 0.2) is 0 Å². The predicted molar refractivity (Wildman–Crippen MR) is 205 cm³/mol. The largest absolute Gasteiger partial charge is 0.315 e. The highest BCUT2D eigenvalue weighted by Gasteiger charge is 2.42. The fraction of sp³-hybridized carbons (Fsp3) is 0.286. The molecule has 54 heavy (non-hydrogen) atoms. The van der Waals surface area contributed by atoms with Crippen LogP contribution in [0.5, 0.6) is 0 Å². The van der Waals surface area contributed by atoms with Crippen LogP contribution in [0.3, 0.4) is 0 Å². The van der Waals surface area contributed by atoms with Gasteiger partial charge < -0.3 is 14.7 Å². The van der Waals surface area contributed by atoms with Gasteiger partial charge in [0.1, 0.15) is 54.2 Å². The number of anilines is 3. The number of aryl methyl sites for hydroxylation is 3. The van der Waals surface area contributed by atoms with E-state index in [2.05, 4.69) is 0 Å². The van der Waals surface area contributed by atoms with Gasteiger partial charge in [-0.2, -0.15) is 0 Å². The highest BCUT2D eigenvalue weighted by Crippen LogP contribution is 2.38. The number of benzene rings is 3. The zero-order valence-electron chi connectivity index (χ0n) is 31.7. The van der Waals surface area contributed by atoms with Gasteiger partial charge in [-0.3, -0.25) is 14.4 Å². The van der Waals surface area contributed by atoms with E-state index in [9.17, 15) is 14.4 Å². The highest BCUT2D eigenvalue weighted by molar-refractivity contribution is 6.00. The molecule has 3 heterocycles. The Morgan fingerprint density at radius 2 is 0.907 bits per heavy atom. The summed E-state index contributed by atoms with van der Waals surface area (Å²) in [7, 11) is 11.2. The third-order valence-electron chi connectivity index (χ3n) is 10.7. The summed E-state index contributed by atoms with van der Waals surface area (Å²) in [6, 6.07) is 23.4. The van der Waals surface area contributed by atoms with Gasteiger partial charge in [-0.1, -0.05) is 0 Å². The third-order valence-corrected chi connectivity index (χ3v) is 10.7. The van der Waals surface area contributed by atoms with Crippen LogP contribution in [0.4, 0.5) is 17.1 Å². The van der Waals surface area contributed by atoms with Gasteiger partial charge in [-0.05, 0) is 92.1 Å². The fourth-order valence-electron chi connectivity index (χ4n) is 7.48. The van der Waals surface area contributed by atoms with E-state index in [0.29, 0.717) is 19.3 Å². The molecule has 0 saturated heterocycles. The molecule has 1 fully saturated rings. The number of carbonyl (C=O) groups excluding carboxylic acids is 3. The van der Waals surface area contributed by atoms with Gasteiger partial charge in [0.2, 0.25) is 36.7 Å². The second-order valence-electron chi connectivity index (χ2n) is 14.5. The Bertz CT molecular complexity index is 2010. The lowest BCUT2D eigenvalue weighted by molar-refractivity contribution is -0.670. The van der Waals surface area contributed by atoms with Gasteiger partial charge in [0.05, 0.1) is 21.1 Å². The topological polar surface area (TPSA) is 87.4 Å². The summed E-state index contributed by atoms with van der Waals surface area (Å²) in [4.78, 5) is 47.8. The molecule has 0 bridgehead atoms. The fourth-order valence-corrected chi connectivity index (χ4v) is 7.48. The molecule has 7 rings (SSSR count). The predicted octanol–water partition coefficient (Wildman–Crippen LogP) is 3.85. The standard InChI is InChI=1S/C42H48N9O3/c1-43-19-22-49(28-43)37-13-7-34(8-14-37)46(4)40(52)31-25-32(41(53)47(5)35-9-15-38(16-10-35)50-23-20-44(2)29-50)27-33(26-31)42(54)48(6)36-11-17-39(18-12-36)51-24-21-45(3)30-51/h7-24,28-33H,25-27H2,1-6H3/q+3. The van der Waals surface area contributed by atoms with Crippen LogP contribution >= 0.6 is 0 Å². The molecule has 0 radical (unpaired) electrons. The van der Waals surface area contributed by atoms with E-state index in [1.165, 1.54) is 0 Å². The Balaban J connectivity index is 1.12. The number of imidazole rings is 3. The second kappa shape index (κ2) is 15.0. The SMILES string of the molecule is CN(C(=O)C1CC(C(=O)N(C)c2ccc(-[n+]3ccn(C)c3)cc2)CC(C(=O)N(C)c2ccc(-[n+]3ccn(C)c3)cc2)C1)c1ccc(-n2cc[n+](C)c2)cc1. The highest BCUT2D eigenvalue weighted by atomic mass is 16.2. The molecule has 6 aromatic rings. The summed E-state index contributed by atoms with van der Waals surface area (Å²) >= 11 is 0. The number of amides is 3. The molecule has 0 aliphatic heterocycles. The Morgan fingerprint density at radius 1 is 0.537 bits per heavy atom. The number of hydrogen-bond acceptors (Lipinski definition) is 3. The first-order valence-corrected chi connectivity index (χ1v) is 18.2. The molecule has 3 aromatic carbocycles. The molecule has 3 amide bonds. The lowest BCUT2D eigenvalue weighted by Crippen LogP contribution is -2.46. The molecule has 1 saturated carbocycles. The van der Waals surface area contributed by atoms with Crippen molar-refractivity contribution in [3.8, 4) is 17.1 Å². The normalized spacial score (nSPS) is 16.9. The van der Waals surface area contributed by atoms with E-state index >= 15 is 0 Å². The quantitative estimate of drug-likeness (QED) is 0.212. The van der Waals surface area contributed by atoms with Crippen LogP contribution in [0.25, 0.3) is 17.1 Å². The Labute approximate surface area is 315 Å². The maximum Gasteiger partial charge on any atom is 0.248 e. The molecule has 0 atom stereocenters. The van der Waals surface area contributed by atoms with Crippen molar-refractivity contribution in [1.29, 1.82) is 0 Å². The van der Waals surface area contributed by atoms with E-state index in [4.69, 9.17) is 0 Å². The molecule has 12 nitrogen and oxygen atoms in total. The molecule has 12 heteroatoms. The van der Waals surface area contributed by atoms with Gasteiger partial charge >= 0.3 is 0 Å². The van der Waals surface area contributed by atoms with E-state index in [0.717, 1.165) is 34.1 Å². The maximum atomic E-state index is 14.3. The average Bonchev–Trinajstić information content (AvgIpc) is 3.97. The van der Waals surface area contributed by atoms with Crippen LogP contribution in [-0.4, -0.2) is 52.6 Å². The first-order chi connectivity index (χ1) is 25.9. The molecule has 3 aromatic heterocycles. The molecule has 276 valence electrons. The second-order valence-corrected chi connectivity index (χ2v) is 14.5. The maximum absolute atomic E-state index is 14.3. The van der Waals surface area contributed by atoms with E-state index in [1.54, 1.807) is 35.8 Å². The van der Waals surface area contributed by atoms with Crippen LogP contribution in [0.15, 0.2) is 129 Å². The molecule has 1 aliphatic carbocycles. The van der Waals surface area contributed by atoms with Crippen molar-refractivity contribution in [2.24, 2.45) is 38.9 Å². The van der Waals surface area contributed by atoms with Crippen LogP contribution in [0.1, 0.15) is 19.3 Å². The summed E-state index contributed by atoms with van der Waals surface area (Å²) < 4.78 is 11.9. The van der Waals surface area contributed by atoms with Crippen molar-refractivity contribution < 1.29 is 28.1 Å². The Hall–Kier alpha value is -6.30. The van der Waals surface area contributed by atoms with Crippen molar-refractivity contribution in [2.75, 3.05) is 35.8 Å². The van der Waals surface area contributed by atoms with Crippen molar-refractivity contribution in [3.05, 3.63) is 129 Å². The van der Waals surface area contributed by atoms with Crippen molar-refractivity contribution >= 4 is 34.8 Å². The molecule has 0 spiro atoms. The van der Waals surface area contributed by atoms with Gasteiger partial charge in [0.25, 0.3) is 0 Å². The monoisotopic (exact) mass is 726 g/mol. The minimum Gasteiger partial charge on any atom is -0.315 e. The lowest BCUT2D eigenvalue weighted by atomic mass is 9.73. The van der Waals surface area contributed by atoms with Crippen molar-refractivity contribution in [1.82, 2.24) is 13.7 Å². The molecular weight excluding hydrogens is 679 g/mol. The number of nitrogens with zero attached hydrogens (tertiary/aromatic N) is 9. The molecule has 0 unspecified atom stereocenters. The summed E-state index contributed by atoms with van der Waals surface area (Å²) in [5, 5.41) is 0. The minimum absolute atomic E-state index is 0.107. The van der Waals surface area contributed by atoms with Gasteiger partial charge in [0, 0.05) is 56.0 Å². The first kappa shape index (κ1) is 36.1.